The van der Waals surface area contributed by atoms with Crippen molar-refractivity contribution >= 4 is 0 Å². The fourth-order valence-corrected chi connectivity index (χ4v) is 3.40. The zero-order valence-electron chi connectivity index (χ0n) is 12.2. The van der Waals surface area contributed by atoms with Crippen LogP contribution in [0.2, 0.25) is 0 Å². The van der Waals surface area contributed by atoms with E-state index in [-0.39, 0.29) is 0 Å². The summed E-state index contributed by atoms with van der Waals surface area (Å²) in [5, 5.41) is 3.54. The number of hydrogen-bond donors (Lipinski definition) is 1. The van der Waals surface area contributed by atoms with Gasteiger partial charge in [-0.25, -0.2) is 0 Å². The predicted molar refractivity (Wildman–Crippen MR) is 75.9 cm³/mol. The van der Waals surface area contributed by atoms with E-state index >= 15 is 0 Å². The Morgan fingerprint density at radius 1 is 1.39 bits per heavy atom. The highest BCUT2D eigenvalue weighted by Gasteiger charge is 2.35. The molecule has 2 fully saturated rings. The number of hydrogen-bond acceptors (Lipinski definition) is 3. The number of likely N-dealkylation sites (tertiary alicyclic amines) is 1. The van der Waals surface area contributed by atoms with E-state index in [0.29, 0.717) is 11.5 Å². The highest BCUT2D eigenvalue weighted by molar-refractivity contribution is 4.90. The van der Waals surface area contributed by atoms with Crippen molar-refractivity contribution in [2.75, 3.05) is 39.3 Å². The molecule has 2 atom stereocenters. The zero-order chi connectivity index (χ0) is 12.8. The van der Waals surface area contributed by atoms with Gasteiger partial charge in [-0.3, -0.25) is 0 Å². The molecule has 2 saturated heterocycles. The van der Waals surface area contributed by atoms with Crippen molar-refractivity contribution < 1.29 is 4.74 Å². The van der Waals surface area contributed by atoms with Crippen molar-refractivity contribution in [3.05, 3.63) is 0 Å². The molecule has 0 bridgehead atoms. The van der Waals surface area contributed by atoms with Crippen LogP contribution in [0, 0.1) is 5.41 Å². The summed E-state index contributed by atoms with van der Waals surface area (Å²) in [5.74, 6) is 0. The Kier molecular flexibility index (Phi) is 5.46. The minimum absolute atomic E-state index is 0.488. The standard InChI is InChI=1S/C15H30N2O/c1-3-10-18-14-6-5-9-17(11-14)13-15(4-2)7-8-16-12-15/h14,16H,3-13H2,1-2H3. The van der Waals surface area contributed by atoms with Gasteiger partial charge < -0.3 is 15.0 Å². The molecule has 0 saturated carbocycles. The number of nitrogens with zero attached hydrogens (tertiary/aromatic N) is 1. The van der Waals surface area contributed by atoms with Gasteiger partial charge in [-0.2, -0.15) is 0 Å². The first kappa shape index (κ1) is 14.3. The average molecular weight is 254 g/mol. The van der Waals surface area contributed by atoms with E-state index in [1.165, 1.54) is 51.9 Å². The molecule has 0 aliphatic carbocycles. The maximum Gasteiger partial charge on any atom is 0.0702 e. The first-order valence-electron chi connectivity index (χ1n) is 7.83. The van der Waals surface area contributed by atoms with Crippen LogP contribution in [0.15, 0.2) is 0 Å². The molecule has 0 aromatic heterocycles. The Bertz CT molecular complexity index is 239. The van der Waals surface area contributed by atoms with Gasteiger partial charge in [0.1, 0.15) is 0 Å². The Balaban J connectivity index is 1.81. The molecule has 18 heavy (non-hydrogen) atoms. The Hall–Kier alpha value is -0.120. The van der Waals surface area contributed by atoms with Crippen LogP contribution in [0.3, 0.4) is 0 Å². The monoisotopic (exact) mass is 254 g/mol. The van der Waals surface area contributed by atoms with Gasteiger partial charge in [-0.05, 0) is 50.6 Å². The largest absolute Gasteiger partial charge is 0.377 e. The quantitative estimate of drug-likeness (QED) is 0.787. The fraction of sp³-hybridized carbons (Fsp3) is 1.00. The van der Waals surface area contributed by atoms with Gasteiger partial charge in [0, 0.05) is 26.2 Å². The first-order chi connectivity index (χ1) is 8.78. The summed E-state index contributed by atoms with van der Waals surface area (Å²) in [6.45, 7) is 11.6. The second kappa shape index (κ2) is 6.88. The normalized spacial score (nSPS) is 34.0. The number of ether oxygens (including phenoxy) is 1. The fourth-order valence-electron chi connectivity index (χ4n) is 3.40. The lowest BCUT2D eigenvalue weighted by Gasteiger charge is -2.38. The van der Waals surface area contributed by atoms with Crippen LogP contribution in [-0.2, 0) is 4.74 Å². The minimum atomic E-state index is 0.488. The summed E-state index contributed by atoms with van der Waals surface area (Å²) in [5.41, 5.74) is 0.534. The summed E-state index contributed by atoms with van der Waals surface area (Å²) in [6, 6.07) is 0. The Morgan fingerprint density at radius 3 is 2.94 bits per heavy atom. The van der Waals surface area contributed by atoms with Crippen LogP contribution in [0.1, 0.15) is 46.0 Å². The van der Waals surface area contributed by atoms with E-state index in [0.717, 1.165) is 19.6 Å². The van der Waals surface area contributed by atoms with Gasteiger partial charge in [0.15, 0.2) is 0 Å². The molecule has 2 unspecified atom stereocenters. The van der Waals surface area contributed by atoms with Gasteiger partial charge >= 0.3 is 0 Å². The van der Waals surface area contributed by atoms with Crippen molar-refractivity contribution in [2.45, 2.75) is 52.1 Å². The molecule has 3 nitrogen and oxygen atoms in total. The van der Waals surface area contributed by atoms with Gasteiger partial charge in [0.2, 0.25) is 0 Å². The number of rotatable bonds is 6. The molecule has 0 radical (unpaired) electrons. The molecule has 2 aliphatic rings. The van der Waals surface area contributed by atoms with Crippen LogP contribution in [0.25, 0.3) is 0 Å². The topological polar surface area (TPSA) is 24.5 Å². The zero-order valence-corrected chi connectivity index (χ0v) is 12.2. The van der Waals surface area contributed by atoms with E-state index in [2.05, 4.69) is 24.1 Å². The predicted octanol–water partition coefficient (Wildman–Crippen LogP) is 2.27. The molecular weight excluding hydrogens is 224 g/mol. The summed E-state index contributed by atoms with van der Waals surface area (Å²) >= 11 is 0. The van der Waals surface area contributed by atoms with Crippen molar-refractivity contribution in [2.24, 2.45) is 5.41 Å². The summed E-state index contributed by atoms with van der Waals surface area (Å²) in [6.07, 6.45) is 6.84. The lowest BCUT2D eigenvalue weighted by Crippen LogP contribution is -2.46. The molecule has 1 N–H and O–H groups in total. The molecule has 0 amide bonds. The maximum atomic E-state index is 5.94. The average Bonchev–Trinajstić information content (AvgIpc) is 2.86. The van der Waals surface area contributed by atoms with Gasteiger partial charge in [0.05, 0.1) is 6.10 Å². The highest BCUT2D eigenvalue weighted by Crippen LogP contribution is 2.31. The van der Waals surface area contributed by atoms with Crippen LogP contribution >= 0.6 is 0 Å². The number of piperidine rings is 1. The van der Waals surface area contributed by atoms with Crippen molar-refractivity contribution in [3.8, 4) is 0 Å². The molecule has 2 aliphatic heterocycles. The third-order valence-corrected chi connectivity index (χ3v) is 4.66. The molecule has 0 aromatic carbocycles. The van der Waals surface area contributed by atoms with Gasteiger partial charge in [-0.15, -0.1) is 0 Å². The van der Waals surface area contributed by atoms with E-state index in [4.69, 9.17) is 4.74 Å². The summed E-state index contributed by atoms with van der Waals surface area (Å²) in [7, 11) is 0. The van der Waals surface area contributed by atoms with Crippen molar-refractivity contribution in [3.63, 3.8) is 0 Å². The van der Waals surface area contributed by atoms with E-state index in [9.17, 15) is 0 Å². The van der Waals surface area contributed by atoms with Crippen molar-refractivity contribution in [1.29, 1.82) is 0 Å². The minimum Gasteiger partial charge on any atom is -0.377 e. The maximum absolute atomic E-state index is 5.94. The second-order valence-corrected chi connectivity index (χ2v) is 6.15. The van der Waals surface area contributed by atoms with E-state index in [1.807, 2.05) is 0 Å². The lowest BCUT2D eigenvalue weighted by atomic mass is 9.83. The third kappa shape index (κ3) is 3.69. The number of nitrogens with one attached hydrogen (secondary N) is 1. The van der Waals surface area contributed by atoms with Gasteiger partial charge in [0.25, 0.3) is 0 Å². The Labute approximate surface area is 112 Å². The second-order valence-electron chi connectivity index (χ2n) is 6.15. The molecule has 2 rings (SSSR count). The third-order valence-electron chi connectivity index (χ3n) is 4.66. The lowest BCUT2D eigenvalue weighted by molar-refractivity contribution is -0.0107. The smallest absolute Gasteiger partial charge is 0.0702 e. The molecule has 106 valence electrons. The van der Waals surface area contributed by atoms with Crippen LogP contribution in [0.4, 0.5) is 0 Å². The molecule has 2 heterocycles. The molecular formula is C15H30N2O. The summed E-state index contributed by atoms with van der Waals surface area (Å²) in [4.78, 5) is 2.65. The van der Waals surface area contributed by atoms with Crippen LogP contribution in [-0.4, -0.2) is 50.3 Å². The van der Waals surface area contributed by atoms with Crippen LogP contribution in [0.5, 0.6) is 0 Å². The Morgan fingerprint density at radius 2 is 2.28 bits per heavy atom. The summed E-state index contributed by atoms with van der Waals surface area (Å²) < 4.78 is 5.94. The molecule has 0 spiro atoms. The van der Waals surface area contributed by atoms with E-state index in [1.54, 1.807) is 0 Å². The van der Waals surface area contributed by atoms with Crippen molar-refractivity contribution in [1.82, 2.24) is 10.2 Å². The first-order valence-corrected chi connectivity index (χ1v) is 7.83. The van der Waals surface area contributed by atoms with Gasteiger partial charge in [-0.1, -0.05) is 13.8 Å². The SMILES string of the molecule is CCCOC1CCCN(CC2(CC)CCNC2)C1. The molecule has 3 heteroatoms. The van der Waals surface area contributed by atoms with E-state index < -0.39 is 0 Å². The molecule has 0 aromatic rings. The van der Waals surface area contributed by atoms with Crippen LogP contribution < -0.4 is 5.32 Å². The highest BCUT2D eigenvalue weighted by atomic mass is 16.5.